The molecule has 0 saturated heterocycles. The van der Waals surface area contributed by atoms with Gasteiger partial charge in [-0.25, -0.2) is 4.39 Å². The Kier molecular flexibility index (Phi) is 7.53. The van der Waals surface area contributed by atoms with Crippen LogP contribution in [0.3, 0.4) is 0 Å². The van der Waals surface area contributed by atoms with Crippen LogP contribution in [0.2, 0.25) is 0 Å². The summed E-state index contributed by atoms with van der Waals surface area (Å²) in [7, 11) is 4.03. The average molecular weight is 333 g/mol. The summed E-state index contributed by atoms with van der Waals surface area (Å²) in [5.41, 5.74) is 0.669. The van der Waals surface area contributed by atoms with E-state index in [4.69, 9.17) is 4.74 Å². The number of likely N-dealkylation sites (N-methyl/N-ethyl adjacent to an activating group) is 1. The fourth-order valence-electron chi connectivity index (χ4n) is 1.65. The van der Waals surface area contributed by atoms with Gasteiger partial charge in [0, 0.05) is 29.2 Å². The fourth-order valence-corrected chi connectivity index (χ4v) is 2.03. The van der Waals surface area contributed by atoms with Gasteiger partial charge >= 0.3 is 0 Å². The van der Waals surface area contributed by atoms with Crippen LogP contribution in [0, 0.1) is 5.82 Å². The van der Waals surface area contributed by atoms with Crippen LogP contribution in [0.1, 0.15) is 18.5 Å². The molecule has 0 aliphatic rings. The SMILES string of the molecule is CC(NCCOCCN(C)C)c1cc(Br)ccc1F. The predicted octanol–water partition coefficient (Wildman–Crippen LogP) is 2.82. The summed E-state index contributed by atoms with van der Waals surface area (Å²) >= 11 is 3.36. The Morgan fingerprint density at radius 2 is 2.11 bits per heavy atom. The third kappa shape index (κ3) is 6.47. The highest BCUT2D eigenvalue weighted by Gasteiger charge is 2.10. The molecule has 108 valence electrons. The third-order valence-corrected chi connectivity index (χ3v) is 3.30. The van der Waals surface area contributed by atoms with Gasteiger partial charge in [0.2, 0.25) is 0 Å². The Hall–Kier alpha value is -0.490. The Bertz CT molecular complexity index is 388. The number of nitrogens with zero attached hydrogens (tertiary/aromatic N) is 1. The lowest BCUT2D eigenvalue weighted by Crippen LogP contribution is -2.25. The van der Waals surface area contributed by atoms with Crippen LogP contribution in [-0.4, -0.2) is 45.3 Å². The van der Waals surface area contributed by atoms with Gasteiger partial charge in [-0.1, -0.05) is 15.9 Å². The van der Waals surface area contributed by atoms with Crippen molar-refractivity contribution in [3.05, 3.63) is 34.1 Å². The van der Waals surface area contributed by atoms with E-state index in [1.807, 2.05) is 21.0 Å². The van der Waals surface area contributed by atoms with Crippen molar-refractivity contribution in [2.24, 2.45) is 0 Å². The monoisotopic (exact) mass is 332 g/mol. The van der Waals surface area contributed by atoms with Crippen molar-refractivity contribution in [2.45, 2.75) is 13.0 Å². The highest BCUT2D eigenvalue weighted by atomic mass is 79.9. The van der Waals surface area contributed by atoms with Crippen LogP contribution in [0.5, 0.6) is 0 Å². The largest absolute Gasteiger partial charge is 0.379 e. The molecule has 0 radical (unpaired) electrons. The minimum atomic E-state index is -0.184. The molecule has 0 fully saturated rings. The Morgan fingerprint density at radius 1 is 1.37 bits per heavy atom. The van der Waals surface area contributed by atoms with E-state index in [1.54, 1.807) is 12.1 Å². The molecule has 1 unspecified atom stereocenters. The van der Waals surface area contributed by atoms with Gasteiger partial charge in [-0.15, -0.1) is 0 Å². The lowest BCUT2D eigenvalue weighted by Gasteiger charge is -2.16. The summed E-state index contributed by atoms with van der Waals surface area (Å²) < 4.78 is 20.0. The van der Waals surface area contributed by atoms with Gasteiger partial charge in [0.05, 0.1) is 13.2 Å². The number of rotatable bonds is 8. The van der Waals surface area contributed by atoms with Gasteiger partial charge in [-0.05, 0) is 39.2 Å². The van der Waals surface area contributed by atoms with Crippen LogP contribution in [0.15, 0.2) is 22.7 Å². The summed E-state index contributed by atoms with van der Waals surface area (Å²) in [6.45, 7) is 4.92. The van der Waals surface area contributed by atoms with E-state index in [0.29, 0.717) is 25.3 Å². The molecular weight excluding hydrogens is 311 g/mol. The van der Waals surface area contributed by atoms with E-state index < -0.39 is 0 Å². The third-order valence-electron chi connectivity index (χ3n) is 2.80. The molecule has 0 amide bonds. The number of halogens is 2. The number of nitrogens with one attached hydrogen (secondary N) is 1. The first-order valence-electron chi connectivity index (χ1n) is 6.41. The molecule has 0 bridgehead atoms. The second kappa shape index (κ2) is 8.64. The highest BCUT2D eigenvalue weighted by molar-refractivity contribution is 9.10. The number of benzene rings is 1. The zero-order valence-electron chi connectivity index (χ0n) is 11.7. The smallest absolute Gasteiger partial charge is 0.128 e. The number of hydrogen-bond donors (Lipinski definition) is 1. The molecule has 19 heavy (non-hydrogen) atoms. The molecule has 1 N–H and O–H groups in total. The molecule has 1 rings (SSSR count). The van der Waals surface area contributed by atoms with Gasteiger partial charge in [-0.3, -0.25) is 0 Å². The molecule has 0 aliphatic heterocycles. The fraction of sp³-hybridized carbons (Fsp3) is 0.571. The van der Waals surface area contributed by atoms with Gasteiger partial charge in [0.15, 0.2) is 0 Å². The molecular formula is C14H22BrFN2O. The van der Waals surface area contributed by atoms with Crippen LogP contribution < -0.4 is 5.32 Å². The van der Waals surface area contributed by atoms with Crippen molar-refractivity contribution < 1.29 is 9.13 Å². The van der Waals surface area contributed by atoms with Gasteiger partial charge in [0.1, 0.15) is 5.82 Å². The molecule has 0 heterocycles. The molecule has 0 aromatic heterocycles. The summed E-state index contributed by atoms with van der Waals surface area (Å²) in [4.78, 5) is 2.08. The minimum Gasteiger partial charge on any atom is -0.379 e. The second-order valence-electron chi connectivity index (χ2n) is 4.76. The molecule has 1 aromatic carbocycles. The summed E-state index contributed by atoms with van der Waals surface area (Å²) in [5, 5.41) is 3.26. The molecule has 0 aliphatic carbocycles. The van der Waals surface area contributed by atoms with Crippen LogP contribution >= 0.6 is 15.9 Å². The molecule has 3 nitrogen and oxygen atoms in total. The van der Waals surface area contributed by atoms with Crippen molar-refractivity contribution in [3.63, 3.8) is 0 Å². The first-order chi connectivity index (χ1) is 9.00. The lowest BCUT2D eigenvalue weighted by molar-refractivity contribution is 0.118. The maximum absolute atomic E-state index is 13.6. The lowest BCUT2D eigenvalue weighted by atomic mass is 10.1. The Morgan fingerprint density at radius 3 is 2.79 bits per heavy atom. The van der Waals surface area contributed by atoms with E-state index in [0.717, 1.165) is 11.0 Å². The molecule has 1 aromatic rings. The van der Waals surface area contributed by atoms with Gasteiger partial charge in [-0.2, -0.15) is 0 Å². The zero-order chi connectivity index (χ0) is 14.3. The van der Waals surface area contributed by atoms with Crippen molar-refractivity contribution >= 4 is 15.9 Å². The average Bonchev–Trinajstić information content (AvgIpc) is 2.36. The predicted molar refractivity (Wildman–Crippen MR) is 79.9 cm³/mol. The quantitative estimate of drug-likeness (QED) is 0.741. The van der Waals surface area contributed by atoms with E-state index in [1.165, 1.54) is 6.07 Å². The minimum absolute atomic E-state index is 0.0325. The normalized spacial score (nSPS) is 12.9. The zero-order valence-corrected chi connectivity index (χ0v) is 13.3. The van der Waals surface area contributed by atoms with Crippen LogP contribution in [-0.2, 0) is 4.74 Å². The van der Waals surface area contributed by atoms with Crippen molar-refractivity contribution in [3.8, 4) is 0 Å². The van der Waals surface area contributed by atoms with E-state index in [-0.39, 0.29) is 11.9 Å². The molecule has 0 spiro atoms. The van der Waals surface area contributed by atoms with Crippen molar-refractivity contribution in [1.29, 1.82) is 0 Å². The van der Waals surface area contributed by atoms with Crippen LogP contribution in [0.25, 0.3) is 0 Å². The molecule has 1 atom stereocenters. The number of ether oxygens (including phenoxy) is 1. The van der Waals surface area contributed by atoms with Gasteiger partial charge in [0.25, 0.3) is 0 Å². The van der Waals surface area contributed by atoms with Gasteiger partial charge < -0.3 is 15.0 Å². The highest BCUT2D eigenvalue weighted by Crippen LogP contribution is 2.21. The standard InChI is InChI=1S/C14H22BrFN2O/c1-11(13-10-12(15)4-5-14(13)16)17-6-8-19-9-7-18(2)3/h4-5,10-11,17H,6-9H2,1-3H3. The maximum Gasteiger partial charge on any atom is 0.128 e. The second-order valence-corrected chi connectivity index (χ2v) is 5.67. The summed E-state index contributed by atoms with van der Waals surface area (Å²) in [6.07, 6.45) is 0. The van der Waals surface area contributed by atoms with Crippen molar-refractivity contribution in [1.82, 2.24) is 10.2 Å². The first kappa shape index (κ1) is 16.6. The first-order valence-corrected chi connectivity index (χ1v) is 7.21. The van der Waals surface area contributed by atoms with Crippen molar-refractivity contribution in [2.75, 3.05) is 40.4 Å². The molecule has 0 saturated carbocycles. The summed E-state index contributed by atoms with van der Waals surface area (Å²) in [6, 6.07) is 4.95. The van der Waals surface area contributed by atoms with E-state index >= 15 is 0 Å². The molecule has 5 heteroatoms. The Labute approximate surface area is 123 Å². The summed E-state index contributed by atoms with van der Waals surface area (Å²) in [5.74, 6) is -0.184. The van der Waals surface area contributed by atoms with E-state index in [9.17, 15) is 4.39 Å². The topological polar surface area (TPSA) is 24.5 Å². The Balaban J connectivity index is 2.27. The van der Waals surface area contributed by atoms with Crippen LogP contribution in [0.4, 0.5) is 4.39 Å². The number of hydrogen-bond acceptors (Lipinski definition) is 3. The van der Waals surface area contributed by atoms with E-state index in [2.05, 4.69) is 26.1 Å². The maximum atomic E-state index is 13.6.